The van der Waals surface area contributed by atoms with Gasteiger partial charge in [-0.3, -0.25) is 14.2 Å². The van der Waals surface area contributed by atoms with E-state index in [1.807, 2.05) is 0 Å². The van der Waals surface area contributed by atoms with Crippen LogP contribution in [0.1, 0.15) is 16.2 Å². The van der Waals surface area contributed by atoms with Crippen LogP contribution in [0.2, 0.25) is 5.02 Å². The highest BCUT2D eigenvalue weighted by Gasteiger charge is 2.39. The van der Waals surface area contributed by atoms with Crippen LogP contribution < -0.4 is 10.0 Å². The summed E-state index contributed by atoms with van der Waals surface area (Å²) in [5.41, 5.74) is -1.71. The van der Waals surface area contributed by atoms with E-state index < -0.39 is 38.5 Å². The number of hydrogen-bond acceptors (Lipinski definition) is 6. The number of nitrogens with one attached hydrogen (secondary N) is 2. The van der Waals surface area contributed by atoms with E-state index in [0.717, 1.165) is 23.1 Å². The molecule has 8 nitrogen and oxygen atoms in total. The maximum Gasteiger partial charge on any atom is 0.436 e. The minimum absolute atomic E-state index is 0.0939. The van der Waals surface area contributed by atoms with Gasteiger partial charge in [0, 0.05) is 24.3 Å². The Kier molecular flexibility index (Phi) is 5.56. The van der Waals surface area contributed by atoms with Gasteiger partial charge in [-0.15, -0.1) is 11.3 Å². The number of alkyl halides is 3. The van der Waals surface area contributed by atoms with Crippen molar-refractivity contribution < 1.29 is 26.4 Å². The Bertz CT molecular complexity index is 1140. The van der Waals surface area contributed by atoms with Gasteiger partial charge in [-0.25, -0.2) is 13.4 Å². The molecule has 0 saturated heterocycles. The highest BCUT2D eigenvalue weighted by molar-refractivity contribution is 7.93. The molecule has 0 aliphatic heterocycles. The van der Waals surface area contributed by atoms with E-state index in [-0.39, 0.29) is 15.7 Å². The number of amides is 1. The molecular weight excluding hydrogens is 455 g/mol. The van der Waals surface area contributed by atoms with Crippen molar-refractivity contribution in [2.75, 3.05) is 10.0 Å². The van der Waals surface area contributed by atoms with Crippen LogP contribution in [0.3, 0.4) is 0 Å². The summed E-state index contributed by atoms with van der Waals surface area (Å²) >= 11 is 6.77. The van der Waals surface area contributed by atoms with Gasteiger partial charge in [-0.2, -0.15) is 18.3 Å². The Balaban J connectivity index is 1.78. The topological polar surface area (TPSA) is 106 Å². The van der Waals surface area contributed by atoms with Crippen molar-refractivity contribution >= 4 is 49.7 Å². The summed E-state index contributed by atoms with van der Waals surface area (Å²) in [6.07, 6.45) is -3.37. The first-order valence-corrected chi connectivity index (χ1v) is 10.4. The molecule has 2 aromatic heterocycles. The lowest BCUT2D eigenvalue weighted by Gasteiger charge is -2.08. The monoisotopic (exact) mass is 465 g/mol. The van der Waals surface area contributed by atoms with Crippen molar-refractivity contribution in [1.29, 1.82) is 0 Å². The van der Waals surface area contributed by atoms with Gasteiger partial charge in [0.2, 0.25) is 0 Å². The van der Waals surface area contributed by atoms with Crippen LogP contribution in [0, 0.1) is 0 Å². The molecule has 0 bridgehead atoms. The minimum Gasteiger partial charge on any atom is -0.321 e. The lowest BCUT2D eigenvalue weighted by atomic mass is 10.3. The molecule has 154 valence electrons. The number of aryl methyl sites for hydroxylation is 1. The number of hydrogen-bond donors (Lipinski definition) is 2. The molecule has 3 aromatic rings. The molecule has 0 radical (unpaired) electrons. The van der Waals surface area contributed by atoms with Gasteiger partial charge in [-0.1, -0.05) is 11.6 Å². The Morgan fingerprint density at radius 2 is 1.90 bits per heavy atom. The second-order valence-electron chi connectivity index (χ2n) is 5.55. The minimum atomic E-state index is -4.81. The molecule has 0 unspecified atom stereocenters. The van der Waals surface area contributed by atoms with E-state index in [1.165, 1.54) is 30.5 Å². The van der Waals surface area contributed by atoms with Gasteiger partial charge in [0.05, 0.1) is 4.90 Å². The number of anilines is 2. The highest BCUT2D eigenvalue weighted by atomic mass is 35.5. The van der Waals surface area contributed by atoms with E-state index in [1.54, 1.807) is 5.38 Å². The summed E-state index contributed by atoms with van der Waals surface area (Å²) in [6, 6.07) is 5.00. The van der Waals surface area contributed by atoms with Gasteiger partial charge in [0.15, 0.2) is 10.8 Å². The van der Waals surface area contributed by atoms with Crippen LogP contribution in [-0.4, -0.2) is 29.1 Å². The summed E-state index contributed by atoms with van der Waals surface area (Å²) in [5, 5.41) is 6.54. The molecule has 0 aliphatic rings. The molecule has 0 atom stereocenters. The van der Waals surface area contributed by atoms with E-state index in [9.17, 15) is 26.4 Å². The zero-order chi connectivity index (χ0) is 21.4. The third kappa shape index (κ3) is 4.52. The quantitative estimate of drug-likeness (QED) is 0.599. The van der Waals surface area contributed by atoms with Crippen LogP contribution >= 0.6 is 22.9 Å². The zero-order valence-electron chi connectivity index (χ0n) is 14.4. The van der Waals surface area contributed by atoms with E-state index in [4.69, 9.17) is 11.6 Å². The number of rotatable bonds is 5. The van der Waals surface area contributed by atoms with Crippen molar-refractivity contribution in [3.05, 3.63) is 52.3 Å². The van der Waals surface area contributed by atoms with Gasteiger partial charge < -0.3 is 5.32 Å². The molecule has 2 N–H and O–H groups in total. The maximum absolute atomic E-state index is 12.9. The smallest absolute Gasteiger partial charge is 0.321 e. The first kappa shape index (κ1) is 21.1. The van der Waals surface area contributed by atoms with E-state index in [0.29, 0.717) is 0 Å². The van der Waals surface area contributed by atoms with Crippen molar-refractivity contribution in [1.82, 2.24) is 14.8 Å². The normalized spacial score (nSPS) is 12.0. The zero-order valence-corrected chi connectivity index (χ0v) is 16.7. The molecule has 1 aromatic carbocycles. The number of carbonyl (C=O) groups excluding carboxylic acids is 1. The lowest BCUT2D eigenvalue weighted by Crippen LogP contribution is -2.17. The fourth-order valence-corrected chi connectivity index (χ4v) is 4.42. The predicted molar refractivity (Wildman–Crippen MR) is 101 cm³/mol. The SMILES string of the molecule is Cn1nc(C(F)(F)F)c(Cl)c1C(=O)Nc1ccc(S(=O)(=O)Nc2nccs2)cc1. The largest absolute Gasteiger partial charge is 0.436 e. The Hall–Kier alpha value is -2.64. The molecule has 0 saturated carbocycles. The second-order valence-corrected chi connectivity index (χ2v) is 8.51. The maximum atomic E-state index is 12.9. The van der Waals surface area contributed by atoms with E-state index >= 15 is 0 Å². The molecule has 0 fully saturated rings. The molecule has 1 amide bonds. The molecule has 14 heteroatoms. The Labute approximate surface area is 171 Å². The van der Waals surface area contributed by atoms with Crippen molar-refractivity contribution in [3.63, 3.8) is 0 Å². The van der Waals surface area contributed by atoms with Crippen molar-refractivity contribution in [2.45, 2.75) is 11.1 Å². The molecule has 3 rings (SSSR count). The van der Waals surface area contributed by atoms with Crippen molar-refractivity contribution in [2.24, 2.45) is 7.05 Å². The standard InChI is InChI=1S/C15H11ClF3N5O3S2/c1-24-11(10(16)12(22-24)15(17,18)19)13(25)21-8-2-4-9(5-3-8)29(26,27)23-14-20-6-7-28-14/h2-7H,1H3,(H,20,23)(H,21,25). The molecule has 2 heterocycles. The molecule has 29 heavy (non-hydrogen) atoms. The van der Waals surface area contributed by atoms with Crippen molar-refractivity contribution in [3.8, 4) is 0 Å². The highest BCUT2D eigenvalue weighted by Crippen LogP contribution is 2.35. The Morgan fingerprint density at radius 3 is 2.41 bits per heavy atom. The van der Waals surface area contributed by atoms with Gasteiger partial charge in [-0.05, 0) is 24.3 Å². The summed E-state index contributed by atoms with van der Waals surface area (Å²) < 4.78 is 66.2. The number of nitrogens with zero attached hydrogens (tertiary/aromatic N) is 3. The number of thiazole rings is 1. The fourth-order valence-electron chi connectivity index (χ4n) is 2.28. The average Bonchev–Trinajstić information content (AvgIpc) is 3.22. The van der Waals surface area contributed by atoms with Gasteiger partial charge in [0.25, 0.3) is 15.9 Å². The summed E-state index contributed by atoms with van der Waals surface area (Å²) in [5.74, 6) is -0.933. The van der Waals surface area contributed by atoms with Crippen LogP contribution in [0.4, 0.5) is 24.0 Å². The summed E-state index contributed by atoms with van der Waals surface area (Å²) in [4.78, 5) is 16.1. The molecular formula is C15H11ClF3N5O3S2. The summed E-state index contributed by atoms with van der Waals surface area (Å²) in [7, 11) is -2.73. The molecule has 0 aliphatic carbocycles. The molecule has 0 spiro atoms. The summed E-state index contributed by atoms with van der Waals surface area (Å²) in [6.45, 7) is 0. The van der Waals surface area contributed by atoms with Gasteiger partial charge >= 0.3 is 6.18 Å². The lowest BCUT2D eigenvalue weighted by molar-refractivity contribution is -0.141. The third-order valence-electron chi connectivity index (χ3n) is 3.55. The average molecular weight is 466 g/mol. The number of sulfonamides is 1. The van der Waals surface area contributed by atoms with Crippen LogP contribution in [0.15, 0.2) is 40.7 Å². The first-order chi connectivity index (χ1) is 13.5. The second kappa shape index (κ2) is 7.65. The predicted octanol–water partition coefficient (Wildman–Crippen LogP) is 3.60. The Morgan fingerprint density at radius 1 is 1.24 bits per heavy atom. The number of aromatic nitrogens is 3. The fraction of sp³-hybridized carbons (Fsp3) is 0.133. The van der Waals surface area contributed by atoms with Crippen LogP contribution in [0.25, 0.3) is 0 Å². The third-order valence-corrected chi connectivity index (χ3v) is 6.08. The number of carbonyl (C=O) groups is 1. The van der Waals surface area contributed by atoms with Gasteiger partial charge in [0.1, 0.15) is 10.7 Å². The number of halogens is 4. The first-order valence-electron chi connectivity index (χ1n) is 7.62. The van der Waals surface area contributed by atoms with E-state index in [2.05, 4.69) is 20.1 Å². The van der Waals surface area contributed by atoms with Crippen LogP contribution in [0.5, 0.6) is 0 Å². The van der Waals surface area contributed by atoms with Crippen LogP contribution in [-0.2, 0) is 23.2 Å². The number of benzene rings is 1.